The van der Waals surface area contributed by atoms with E-state index in [1.165, 1.54) is 0 Å². The molecule has 1 atom stereocenters. The highest BCUT2D eigenvalue weighted by Crippen LogP contribution is 2.14. The Morgan fingerprint density at radius 2 is 2.41 bits per heavy atom. The van der Waals surface area contributed by atoms with Crippen molar-refractivity contribution in [2.24, 2.45) is 5.73 Å². The summed E-state index contributed by atoms with van der Waals surface area (Å²) < 4.78 is 5.42. The molecule has 0 saturated carbocycles. The monoisotopic (exact) mass is 254 g/mol. The predicted molar refractivity (Wildman–Crippen MR) is 66.1 cm³/mol. The molecule has 0 spiro atoms. The van der Waals surface area contributed by atoms with Crippen molar-refractivity contribution >= 4 is 17.5 Å². The molecule has 1 heterocycles. The molecule has 2 N–H and O–H groups in total. The number of rotatable bonds is 2. The first-order valence-corrected chi connectivity index (χ1v) is 5.95. The number of benzene rings is 1. The molecular weight excluding hydrogens is 240 g/mol. The Bertz CT molecular complexity index is 411. The Morgan fingerprint density at radius 1 is 1.59 bits per heavy atom. The summed E-state index contributed by atoms with van der Waals surface area (Å²) in [6.07, 6.45) is -0.0631. The molecule has 0 radical (unpaired) electrons. The van der Waals surface area contributed by atoms with Crippen molar-refractivity contribution in [2.75, 3.05) is 26.2 Å². The maximum absolute atomic E-state index is 12.2. The molecule has 1 unspecified atom stereocenters. The van der Waals surface area contributed by atoms with Crippen LogP contribution in [0.15, 0.2) is 24.3 Å². The predicted octanol–water partition coefficient (Wildman–Crippen LogP) is 1.14. The van der Waals surface area contributed by atoms with Gasteiger partial charge in [-0.1, -0.05) is 17.7 Å². The molecule has 1 aliphatic rings. The average Bonchev–Trinajstić information content (AvgIpc) is 2.38. The lowest BCUT2D eigenvalue weighted by atomic mass is 10.1. The standard InChI is InChI=1S/C12H15ClN2O2/c13-10-3-1-2-9(6-10)12(16)15-4-5-17-11(7-14)8-15/h1-3,6,11H,4-5,7-8,14H2. The minimum atomic E-state index is -0.0631. The van der Waals surface area contributed by atoms with Gasteiger partial charge in [-0.25, -0.2) is 0 Å². The number of morpholine rings is 1. The maximum Gasteiger partial charge on any atom is 0.254 e. The van der Waals surface area contributed by atoms with Crippen LogP contribution in [0.5, 0.6) is 0 Å². The molecule has 1 amide bonds. The summed E-state index contributed by atoms with van der Waals surface area (Å²) in [5, 5.41) is 0.569. The average molecular weight is 255 g/mol. The highest BCUT2D eigenvalue weighted by Gasteiger charge is 2.24. The Balaban J connectivity index is 2.09. The smallest absolute Gasteiger partial charge is 0.254 e. The number of hydrogen-bond acceptors (Lipinski definition) is 3. The second kappa shape index (κ2) is 5.49. The van der Waals surface area contributed by atoms with Crippen molar-refractivity contribution < 1.29 is 9.53 Å². The maximum atomic E-state index is 12.2. The van der Waals surface area contributed by atoms with E-state index in [9.17, 15) is 4.79 Å². The first-order chi connectivity index (χ1) is 8.20. The van der Waals surface area contributed by atoms with Crippen LogP contribution < -0.4 is 5.73 Å². The molecule has 2 rings (SSSR count). The molecule has 92 valence electrons. The van der Waals surface area contributed by atoms with Crippen molar-refractivity contribution in [2.45, 2.75) is 6.10 Å². The zero-order chi connectivity index (χ0) is 12.3. The quantitative estimate of drug-likeness (QED) is 0.861. The largest absolute Gasteiger partial charge is 0.373 e. The van der Waals surface area contributed by atoms with Crippen LogP contribution in [-0.4, -0.2) is 43.2 Å². The fraction of sp³-hybridized carbons (Fsp3) is 0.417. The van der Waals surface area contributed by atoms with Gasteiger partial charge >= 0.3 is 0 Å². The number of hydrogen-bond donors (Lipinski definition) is 1. The summed E-state index contributed by atoms with van der Waals surface area (Å²) in [5.41, 5.74) is 6.15. The van der Waals surface area contributed by atoms with Crippen molar-refractivity contribution in [1.29, 1.82) is 0 Å². The van der Waals surface area contributed by atoms with E-state index < -0.39 is 0 Å². The number of halogens is 1. The minimum Gasteiger partial charge on any atom is -0.373 e. The van der Waals surface area contributed by atoms with Gasteiger partial charge in [0.25, 0.3) is 5.91 Å². The van der Waals surface area contributed by atoms with Gasteiger partial charge in [0.15, 0.2) is 0 Å². The third-order valence-electron chi connectivity index (χ3n) is 2.76. The van der Waals surface area contributed by atoms with E-state index in [0.29, 0.717) is 36.8 Å². The van der Waals surface area contributed by atoms with E-state index in [0.717, 1.165) is 0 Å². The summed E-state index contributed by atoms with van der Waals surface area (Å²) in [4.78, 5) is 13.9. The van der Waals surface area contributed by atoms with Gasteiger partial charge in [0.05, 0.1) is 12.7 Å². The molecule has 0 aliphatic carbocycles. The molecule has 1 fully saturated rings. The van der Waals surface area contributed by atoms with Crippen LogP contribution in [0.3, 0.4) is 0 Å². The molecule has 0 aromatic heterocycles. The normalized spacial score (nSPS) is 20.4. The second-order valence-electron chi connectivity index (χ2n) is 3.99. The third kappa shape index (κ3) is 2.97. The zero-order valence-corrected chi connectivity index (χ0v) is 10.2. The first kappa shape index (κ1) is 12.4. The van der Waals surface area contributed by atoms with Crippen LogP contribution in [0.4, 0.5) is 0 Å². The Kier molecular flexibility index (Phi) is 3.99. The summed E-state index contributed by atoms with van der Waals surface area (Å²) in [6.45, 7) is 2.11. The van der Waals surface area contributed by atoms with Gasteiger partial charge in [-0.05, 0) is 18.2 Å². The fourth-order valence-corrected chi connectivity index (χ4v) is 2.04. The highest BCUT2D eigenvalue weighted by atomic mass is 35.5. The Labute approximate surface area is 105 Å². The highest BCUT2D eigenvalue weighted by molar-refractivity contribution is 6.30. The Morgan fingerprint density at radius 3 is 3.12 bits per heavy atom. The molecule has 1 saturated heterocycles. The summed E-state index contributed by atoms with van der Waals surface area (Å²) in [6, 6.07) is 6.97. The minimum absolute atomic E-state index is 0.0192. The fourth-order valence-electron chi connectivity index (χ4n) is 1.85. The number of nitrogens with two attached hydrogens (primary N) is 1. The third-order valence-corrected chi connectivity index (χ3v) is 3.00. The summed E-state index contributed by atoms with van der Waals surface area (Å²) in [7, 11) is 0. The van der Waals surface area contributed by atoms with Crippen molar-refractivity contribution in [1.82, 2.24) is 4.90 Å². The Hall–Kier alpha value is -1.10. The molecule has 4 nitrogen and oxygen atoms in total. The van der Waals surface area contributed by atoms with Crippen molar-refractivity contribution in [3.63, 3.8) is 0 Å². The van der Waals surface area contributed by atoms with E-state index in [1.54, 1.807) is 29.2 Å². The second-order valence-corrected chi connectivity index (χ2v) is 4.43. The van der Waals surface area contributed by atoms with Gasteiger partial charge < -0.3 is 15.4 Å². The molecule has 1 aromatic carbocycles. The van der Waals surface area contributed by atoms with Crippen molar-refractivity contribution in [3.8, 4) is 0 Å². The molecule has 1 aliphatic heterocycles. The topological polar surface area (TPSA) is 55.6 Å². The van der Waals surface area contributed by atoms with Crippen LogP contribution in [0, 0.1) is 0 Å². The number of amides is 1. The zero-order valence-electron chi connectivity index (χ0n) is 9.43. The first-order valence-electron chi connectivity index (χ1n) is 5.57. The van der Waals surface area contributed by atoms with E-state index in [1.807, 2.05) is 0 Å². The van der Waals surface area contributed by atoms with Crippen LogP contribution in [0.1, 0.15) is 10.4 Å². The lowest BCUT2D eigenvalue weighted by Crippen LogP contribution is -2.48. The lowest BCUT2D eigenvalue weighted by Gasteiger charge is -2.32. The van der Waals surface area contributed by atoms with Crippen molar-refractivity contribution in [3.05, 3.63) is 34.9 Å². The summed E-state index contributed by atoms with van der Waals surface area (Å²) >= 11 is 5.87. The SMILES string of the molecule is NCC1CN(C(=O)c2cccc(Cl)c2)CCO1. The van der Waals surface area contributed by atoms with Crippen LogP contribution in [-0.2, 0) is 4.74 Å². The van der Waals surface area contributed by atoms with Gasteiger partial charge in [0, 0.05) is 30.2 Å². The van der Waals surface area contributed by atoms with Crippen LogP contribution in [0.2, 0.25) is 5.02 Å². The molecule has 1 aromatic rings. The number of carbonyl (C=O) groups excluding carboxylic acids is 1. The molecular formula is C12H15ClN2O2. The van der Waals surface area contributed by atoms with E-state index >= 15 is 0 Å². The van der Waals surface area contributed by atoms with Gasteiger partial charge in [-0.3, -0.25) is 4.79 Å². The van der Waals surface area contributed by atoms with E-state index in [4.69, 9.17) is 22.1 Å². The molecule has 17 heavy (non-hydrogen) atoms. The number of ether oxygens (including phenoxy) is 1. The van der Waals surface area contributed by atoms with Crippen LogP contribution in [0.25, 0.3) is 0 Å². The lowest BCUT2D eigenvalue weighted by molar-refractivity contribution is -0.0167. The van der Waals surface area contributed by atoms with Crippen LogP contribution >= 0.6 is 11.6 Å². The van der Waals surface area contributed by atoms with E-state index in [-0.39, 0.29) is 12.0 Å². The number of carbonyl (C=O) groups is 1. The number of nitrogens with zero attached hydrogens (tertiary/aromatic N) is 1. The summed E-state index contributed by atoms with van der Waals surface area (Å²) in [5.74, 6) is -0.0192. The molecule has 5 heteroatoms. The van der Waals surface area contributed by atoms with Gasteiger partial charge in [-0.2, -0.15) is 0 Å². The van der Waals surface area contributed by atoms with Gasteiger partial charge in [0.2, 0.25) is 0 Å². The van der Waals surface area contributed by atoms with Gasteiger partial charge in [0.1, 0.15) is 0 Å². The van der Waals surface area contributed by atoms with Gasteiger partial charge in [-0.15, -0.1) is 0 Å². The van der Waals surface area contributed by atoms with E-state index in [2.05, 4.69) is 0 Å². The molecule has 0 bridgehead atoms.